The molecule has 0 amide bonds. The van der Waals surface area contributed by atoms with Crippen LogP contribution in [-0.4, -0.2) is 51.5 Å². The van der Waals surface area contributed by atoms with Crippen molar-refractivity contribution in [2.45, 2.75) is 64.3 Å². The van der Waals surface area contributed by atoms with E-state index in [1.807, 2.05) is 41.8 Å². The minimum Gasteiger partial charge on any atom is -0.415 e. The van der Waals surface area contributed by atoms with Gasteiger partial charge < -0.3 is 16.7 Å². The van der Waals surface area contributed by atoms with Gasteiger partial charge in [-0.25, -0.2) is 9.37 Å². The fourth-order valence-corrected chi connectivity index (χ4v) is 6.42. The third-order valence-corrected chi connectivity index (χ3v) is 8.86. The number of aryl methyl sites for hydroxylation is 2. The number of ether oxygens (including phenoxy) is 1. The summed E-state index contributed by atoms with van der Waals surface area (Å²) in [5, 5.41) is 5.14. The molecule has 4 heterocycles. The number of carbonyl (C=O) groups is 1. The Morgan fingerprint density at radius 3 is 2.71 bits per heavy atom. The Bertz CT molecular complexity index is 1610. The van der Waals surface area contributed by atoms with Gasteiger partial charge in [0.2, 0.25) is 6.73 Å². The van der Waals surface area contributed by atoms with Crippen molar-refractivity contribution in [3.8, 4) is 0 Å². The first-order valence-corrected chi connectivity index (χ1v) is 14.6. The number of piperidine rings is 1. The van der Waals surface area contributed by atoms with Gasteiger partial charge in [-0.1, -0.05) is 35.5 Å². The largest absolute Gasteiger partial charge is 0.415 e. The van der Waals surface area contributed by atoms with E-state index in [9.17, 15) is 14.0 Å². The van der Waals surface area contributed by atoms with Crippen LogP contribution >= 0.6 is 0 Å². The molecule has 0 atom stereocenters. The molecule has 0 radical (unpaired) electrons. The zero-order valence-electron chi connectivity index (χ0n) is 24.5. The van der Waals surface area contributed by atoms with Crippen LogP contribution in [0.1, 0.15) is 59.9 Å². The number of esters is 1. The first-order chi connectivity index (χ1) is 19.9. The second kappa shape index (κ2) is 12.6. The Balaban J connectivity index is 0.00000353. The van der Waals surface area contributed by atoms with Gasteiger partial charge in [-0.2, -0.15) is 0 Å². The van der Waals surface area contributed by atoms with E-state index in [1.165, 1.54) is 12.1 Å². The van der Waals surface area contributed by atoms with E-state index < -0.39 is 0 Å². The van der Waals surface area contributed by atoms with E-state index in [0.29, 0.717) is 23.0 Å². The molecule has 1 fully saturated rings. The predicted octanol–water partition coefficient (Wildman–Crippen LogP) is 5.30. The van der Waals surface area contributed by atoms with Crippen molar-refractivity contribution in [3.05, 3.63) is 100 Å². The molecule has 42 heavy (non-hydrogen) atoms. The molecular weight excluding hydrogens is 535 g/mol. The Kier molecular flexibility index (Phi) is 8.87. The molecule has 2 aromatic carbocycles. The number of carbonyl (C=O) groups excluding carboxylic acids is 1. The van der Waals surface area contributed by atoms with E-state index in [-0.39, 0.29) is 43.8 Å². The van der Waals surface area contributed by atoms with E-state index in [1.54, 1.807) is 6.07 Å². The van der Waals surface area contributed by atoms with Crippen molar-refractivity contribution in [1.82, 2.24) is 14.7 Å². The lowest BCUT2D eigenvalue weighted by Crippen LogP contribution is -2.55. The monoisotopic (exact) mass is 574 g/mol. The summed E-state index contributed by atoms with van der Waals surface area (Å²) < 4.78 is 27.4. The number of aromatic nitrogens is 3. The number of quaternary nitrogens is 1. The molecule has 2 aliphatic rings. The van der Waals surface area contributed by atoms with Crippen LogP contribution < -0.4 is 5.56 Å². The summed E-state index contributed by atoms with van der Waals surface area (Å²) in [4.78, 5) is 31.0. The van der Waals surface area contributed by atoms with Crippen molar-refractivity contribution in [1.29, 1.82) is 0 Å². The maximum atomic E-state index is 13.7. The van der Waals surface area contributed by atoms with Crippen LogP contribution in [0.15, 0.2) is 57.8 Å². The van der Waals surface area contributed by atoms with E-state index in [0.717, 1.165) is 85.5 Å². The minimum atomic E-state index is -0.347. The predicted molar refractivity (Wildman–Crippen MR) is 158 cm³/mol. The summed E-state index contributed by atoms with van der Waals surface area (Å²) in [6, 6.07) is 14.1. The van der Waals surface area contributed by atoms with Crippen LogP contribution in [0.5, 0.6) is 0 Å². The molecule has 222 valence electrons. The Morgan fingerprint density at radius 1 is 1.14 bits per heavy atom. The summed E-state index contributed by atoms with van der Waals surface area (Å²) in [5.41, 5.74) is 3.86. The van der Waals surface area contributed by atoms with Crippen molar-refractivity contribution in [2.24, 2.45) is 0 Å². The van der Waals surface area contributed by atoms with Gasteiger partial charge in [0.05, 0.1) is 31.7 Å². The molecule has 0 N–H and O–H groups in total. The lowest BCUT2D eigenvalue weighted by atomic mass is 9.90. The molecule has 0 saturated carbocycles. The van der Waals surface area contributed by atoms with Crippen LogP contribution in [0.2, 0.25) is 0 Å². The molecule has 9 heteroatoms. The standard InChI is InChI=1S/C32H36FN4O4.CH3/c1-22-26(32(39)36-15-6-5-9-29(36)34-22)14-18-37(21-40-30(38)19-23-7-3-2-4-8-23)16-12-24(13-17-37)31-27-11-10-25(33)20-28(27)41-35-31;/h2-4,7-8,10-11,20,24H,5-6,9,12-19,21H2,1H3;1H3/q+1;-1. The molecular formula is C33H39FN4O4. The average molecular weight is 575 g/mol. The fraction of sp³-hybridized carbons (Fsp3) is 0.424. The van der Waals surface area contributed by atoms with E-state index in [4.69, 9.17) is 14.2 Å². The number of hydrogen-bond donors (Lipinski definition) is 0. The highest BCUT2D eigenvalue weighted by atomic mass is 19.1. The second-order valence-corrected chi connectivity index (χ2v) is 11.6. The molecule has 0 bridgehead atoms. The van der Waals surface area contributed by atoms with Gasteiger partial charge in [0, 0.05) is 60.9 Å². The Labute approximate surface area is 245 Å². The maximum Gasteiger partial charge on any atom is 0.314 e. The number of rotatable bonds is 8. The molecule has 0 unspecified atom stereocenters. The van der Waals surface area contributed by atoms with Gasteiger partial charge in [0.25, 0.3) is 5.56 Å². The quantitative estimate of drug-likeness (QED) is 0.161. The van der Waals surface area contributed by atoms with Gasteiger partial charge in [-0.05, 0) is 37.5 Å². The zero-order chi connectivity index (χ0) is 28.4. The third-order valence-electron chi connectivity index (χ3n) is 8.86. The highest BCUT2D eigenvalue weighted by Crippen LogP contribution is 2.35. The number of nitrogens with zero attached hydrogens (tertiary/aromatic N) is 4. The van der Waals surface area contributed by atoms with Crippen LogP contribution in [0.25, 0.3) is 11.0 Å². The van der Waals surface area contributed by atoms with Gasteiger partial charge in [0.1, 0.15) is 11.6 Å². The normalized spacial score (nSPS) is 20.1. The van der Waals surface area contributed by atoms with Gasteiger partial charge in [-0.15, -0.1) is 0 Å². The SMILES string of the molecule is Cc1nc2n(c(=O)c1CC[N+]1(COC(=O)Cc3ccccc3)CCC(c3noc4cc(F)ccc34)CC1)CCCC2.[CH3-]. The Hall–Kier alpha value is -3.85. The van der Waals surface area contributed by atoms with Crippen LogP contribution in [0, 0.1) is 20.2 Å². The number of hydrogen-bond acceptors (Lipinski definition) is 6. The third kappa shape index (κ3) is 6.16. The topological polar surface area (TPSA) is 87.2 Å². The van der Waals surface area contributed by atoms with Crippen molar-refractivity contribution >= 4 is 16.9 Å². The summed E-state index contributed by atoms with van der Waals surface area (Å²) in [5.74, 6) is 0.444. The summed E-state index contributed by atoms with van der Waals surface area (Å²) in [6.45, 7) is 5.11. The molecule has 2 aliphatic heterocycles. The zero-order valence-corrected chi connectivity index (χ0v) is 24.5. The maximum absolute atomic E-state index is 13.7. The van der Waals surface area contributed by atoms with Gasteiger partial charge in [0.15, 0.2) is 5.58 Å². The fourth-order valence-electron chi connectivity index (χ4n) is 6.42. The first-order valence-electron chi connectivity index (χ1n) is 14.6. The van der Waals surface area contributed by atoms with E-state index >= 15 is 0 Å². The molecule has 6 rings (SSSR count). The Morgan fingerprint density at radius 2 is 1.93 bits per heavy atom. The van der Waals surface area contributed by atoms with Crippen molar-refractivity contribution in [2.75, 3.05) is 26.4 Å². The molecule has 8 nitrogen and oxygen atoms in total. The lowest BCUT2D eigenvalue weighted by molar-refractivity contribution is -0.948. The van der Waals surface area contributed by atoms with Crippen molar-refractivity contribution in [3.63, 3.8) is 0 Å². The summed E-state index contributed by atoms with van der Waals surface area (Å²) in [6.07, 6.45) is 5.34. The highest BCUT2D eigenvalue weighted by molar-refractivity contribution is 5.79. The van der Waals surface area contributed by atoms with Crippen molar-refractivity contribution < 1.29 is 22.9 Å². The van der Waals surface area contributed by atoms with Crippen LogP contribution in [0.4, 0.5) is 4.39 Å². The lowest BCUT2D eigenvalue weighted by Gasteiger charge is -2.42. The van der Waals surface area contributed by atoms with Crippen LogP contribution in [0.3, 0.4) is 0 Å². The summed E-state index contributed by atoms with van der Waals surface area (Å²) in [7, 11) is 0. The smallest absolute Gasteiger partial charge is 0.314 e. The average Bonchev–Trinajstić information content (AvgIpc) is 3.40. The second-order valence-electron chi connectivity index (χ2n) is 11.6. The molecule has 0 aliphatic carbocycles. The number of likely N-dealkylation sites (tertiary alicyclic amines) is 1. The van der Waals surface area contributed by atoms with E-state index in [2.05, 4.69) is 5.16 Å². The molecule has 2 aromatic heterocycles. The number of fused-ring (bicyclic) bond motifs is 2. The number of halogens is 1. The molecule has 4 aromatic rings. The highest BCUT2D eigenvalue weighted by Gasteiger charge is 2.37. The molecule has 0 spiro atoms. The van der Waals surface area contributed by atoms with Crippen LogP contribution in [-0.2, 0) is 35.3 Å². The minimum absolute atomic E-state index is 0. The van der Waals surface area contributed by atoms with Gasteiger partial charge >= 0.3 is 5.97 Å². The van der Waals surface area contributed by atoms with Gasteiger partial charge in [-0.3, -0.25) is 18.6 Å². The molecule has 1 saturated heterocycles. The summed E-state index contributed by atoms with van der Waals surface area (Å²) >= 11 is 0. The number of benzene rings is 2. The first kappa shape index (κ1) is 29.6.